The molecule has 8 nitrogen and oxygen atoms in total. The largest absolute Gasteiger partial charge is 0.298 e. The van der Waals surface area contributed by atoms with Crippen molar-refractivity contribution in [3.63, 3.8) is 0 Å². The first-order valence-electron chi connectivity index (χ1n) is 12.0. The molecule has 0 radical (unpaired) electrons. The van der Waals surface area contributed by atoms with Crippen molar-refractivity contribution in [2.75, 3.05) is 0 Å². The van der Waals surface area contributed by atoms with Gasteiger partial charge < -0.3 is 0 Å². The van der Waals surface area contributed by atoms with Crippen LogP contribution in [0.5, 0.6) is 0 Å². The molecule has 1 aliphatic carbocycles. The summed E-state index contributed by atoms with van der Waals surface area (Å²) in [6.07, 6.45) is 8.30. The molecule has 1 fully saturated rings. The lowest BCUT2D eigenvalue weighted by Gasteiger charge is -2.24. The van der Waals surface area contributed by atoms with Gasteiger partial charge in [-0.15, -0.1) is 11.3 Å². The maximum absolute atomic E-state index is 13.7. The summed E-state index contributed by atoms with van der Waals surface area (Å²) in [5, 5.41) is 8.27. The number of para-hydroxylation sites is 1. The van der Waals surface area contributed by atoms with Crippen LogP contribution in [0.25, 0.3) is 64.8 Å². The molecule has 0 atom stereocenters. The minimum Gasteiger partial charge on any atom is -0.298 e. The van der Waals surface area contributed by atoms with Crippen LogP contribution in [0.4, 0.5) is 0 Å². The molecule has 174 valence electrons. The average Bonchev–Trinajstić information content (AvgIpc) is 3.60. The zero-order valence-electron chi connectivity index (χ0n) is 19.0. The molecule has 0 amide bonds. The Morgan fingerprint density at radius 3 is 2.83 bits per heavy atom. The smallest absolute Gasteiger partial charge is 0.235 e. The maximum Gasteiger partial charge on any atom is 0.235 e. The van der Waals surface area contributed by atoms with Gasteiger partial charge in [0, 0.05) is 33.2 Å². The van der Waals surface area contributed by atoms with Crippen LogP contribution in [0.15, 0.2) is 61.1 Å². The van der Waals surface area contributed by atoms with E-state index in [1.807, 2.05) is 34.9 Å². The summed E-state index contributed by atoms with van der Waals surface area (Å²) in [5.41, 5.74) is 6.43. The first-order chi connectivity index (χ1) is 17.7. The molecule has 3 aliphatic rings. The predicted molar refractivity (Wildman–Crippen MR) is 142 cm³/mol. The van der Waals surface area contributed by atoms with Gasteiger partial charge >= 0.3 is 0 Å². The van der Waals surface area contributed by atoms with E-state index in [0.717, 1.165) is 78.4 Å². The van der Waals surface area contributed by atoms with E-state index in [4.69, 9.17) is 9.97 Å². The fraction of sp³-hybridized carbons (Fsp3) is 0.148. The van der Waals surface area contributed by atoms with Crippen molar-refractivity contribution in [2.24, 2.45) is 5.92 Å². The first-order valence-corrected chi connectivity index (χ1v) is 12.8. The number of nitrogens with one attached hydrogen (secondary N) is 2. The van der Waals surface area contributed by atoms with Gasteiger partial charge in [-0.3, -0.25) is 29.5 Å². The molecule has 2 N–H and O–H groups in total. The number of aromatic nitrogens is 7. The topological polar surface area (TPSA) is 105 Å². The lowest BCUT2D eigenvalue weighted by atomic mass is 9.84. The molecule has 8 bridgehead atoms. The van der Waals surface area contributed by atoms with Gasteiger partial charge in [0.05, 0.1) is 40.0 Å². The normalized spacial score (nSPS) is 14.3. The number of fused-ring (bicyclic) bond motifs is 9. The van der Waals surface area contributed by atoms with Crippen molar-refractivity contribution in [2.45, 2.75) is 19.3 Å². The highest BCUT2D eigenvalue weighted by Gasteiger charge is 2.27. The van der Waals surface area contributed by atoms with Crippen LogP contribution in [-0.2, 0) is 0 Å². The van der Waals surface area contributed by atoms with Gasteiger partial charge in [-0.2, -0.15) is 0 Å². The highest BCUT2D eigenvalue weighted by atomic mass is 32.1. The number of pyridine rings is 2. The van der Waals surface area contributed by atoms with Crippen LogP contribution in [0.3, 0.4) is 0 Å². The fourth-order valence-corrected chi connectivity index (χ4v) is 6.13. The second-order valence-corrected chi connectivity index (χ2v) is 10.4. The number of nitrogens with zero attached hydrogens (tertiary/aromatic N) is 5. The quantitative estimate of drug-likeness (QED) is 0.285. The zero-order chi connectivity index (χ0) is 23.8. The third-order valence-electron chi connectivity index (χ3n) is 7.21. The van der Waals surface area contributed by atoms with Crippen molar-refractivity contribution in [3.8, 4) is 11.3 Å². The van der Waals surface area contributed by atoms with Gasteiger partial charge in [-0.1, -0.05) is 18.6 Å². The molecule has 6 heterocycles. The Balaban J connectivity index is 1.59. The second-order valence-electron chi connectivity index (χ2n) is 9.33. The average molecular weight is 490 g/mol. The van der Waals surface area contributed by atoms with E-state index in [2.05, 4.69) is 32.3 Å². The summed E-state index contributed by atoms with van der Waals surface area (Å²) in [4.78, 5) is 33.5. The van der Waals surface area contributed by atoms with Crippen LogP contribution in [0, 0.1) is 5.92 Å². The van der Waals surface area contributed by atoms with Gasteiger partial charge in [0.2, 0.25) is 5.91 Å². The summed E-state index contributed by atoms with van der Waals surface area (Å²) < 4.78 is 2.88. The van der Waals surface area contributed by atoms with E-state index in [9.17, 15) is 4.79 Å². The van der Waals surface area contributed by atoms with E-state index in [1.165, 1.54) is 0 Å². The maximum atomic E-state index is 13.7. The summed E-state index contributed by atoms with van der Waals surface area (Å²) in [7, 11) is 0. The fourth-order valence-electron chi connectivity index (χ4n) is 5.07. The standard InChI is InChI=1S/C27H19N7OS/c35-27(14-3-1-4-14)34-16-9-15(11-28-12-16)20-10-18-21(13-29-20)32-33-25(18)26-30-19-6-2-5-17(24(19)31-26)22-7-8-23(34)36-22/h2,5-14,32-33H,1,3-4H2. The Bertz CT molecular complexity index is 2020. The first kappa shape index (κ1) is 19.9. The number of carbonyl (C=O) groups excluding carboxylic acids is 1. The Morgan fingerprint density at radius 2 is 1.94 bits per heavy atom. The van der Waals surface area contributed by atoms with Crippen molar-refractivity contribution in [1.29, 1.82) is 0 Å². The minimum atomic E-state index is 0.0423. The number of aromatic amines is 2. The monoisotopic (exact) mass is 489 g/mol. The third-order valence-corrected chi connectivity index (χ3v) is 8.31. The molecular formula is C27H19N7OS. The van der Waals surface area contributed by atoms with Gasteiger partial charge in [-0.05, 0) is 43.2 Å². The van der Waals surface area contributed by atoms with Crippen LogP contribution in [0.2, 0.25) is 0 Å². The van der Waals surface area contributed by atoms with Crippen LogP contribution in [0.1, 0.15) is 24.1 Å². The summed E-state index contributed by atoms with van der Waals surface area (Å²) in [6, 6.07) is 14.2. The van der Waals surface area contributed by atoms with E-state index in [1.54, 1.807) is 29.9 Å². The number of imidazole rings is 1. The molecule has 36 heavy (non-hydrogen) atoms. The van der Waals surface area contributed by atoms with Crippen LogP contribution >= 0.6 is 11.3 Å². The zero-order valence-corrected chi connectivity index (χ0v) is 19.8. The lowest BCUT2D eigenvalue weighted by molar-refractivity contribution is 0.0776. The predicted octanol–water partition coefficient (Wildman–Crippen LogP) is 6.22. The molecule has 0 saturated heterocycles. The summed E-state index contributed by atoms with van der Waals surface area (Å²) in [5.74, 6) is 0.165. The Morgan fingerprint density at radius 1 is 1.00 bits per heavy atom. The highest BCUT2D eigenvalue weighted by molar-refractivity contribution is 7.24. The van der Waals surface area contributed by atoms with Crippen molar-refractivity contribution >= 4 is 70.8 Å². The number of benzene rings is 1. The summed E-state index contributed by atoms with van der Waals surface area (Å²) in [6.45, 7) is 0. The number of H-pyrrole nitrogens is 2. The number of hydrogen-bond donors (Lipinski definition) is 2. The molecular weight excluding hydrogens is 470 g/mol. The summed E-state index contributed by atoms with van der Waals surface area (Å²) >= 11 is 1.59. The van der Waals surface area contributed by atoms with Gasteiger partial charge in [0.25, 0.3) is 0 Å². The van der Waals surface area contributed by atoms with Gasteiger partial charge in [0.1, 0.15) is 10.5 Å². The molecule has 0 spiro atoms. The van der Waals surface area contributed by atoms with Crippen molar-refractivity contribution in [3.05, 3.63) is 61.1 Å². The van der Waals surface area contributed by atoms with Gasteiger partial charge in [-0.25, -0.2) is 9.97 Å². The number of hydrogen-bond acceptors (Lipinski definition) is 6. The van der Waals surface area contributed by atoms with Crippen LogP contribution < -0.4 is 0 Å². The van der Waals surface area contributed by atoms with E-state index < -0.39 is 0 Å². The minimum absolute atomic E-state index is 0.0423. The highest BCUT2D eigenvalue weighted by Crippen LogP contribution is 2.34. The Hall–Kier alpha value is -4.37. The molecule has 8 rings (SSSR count). The molecule has 0 unspecified atom stereocenters. The SMILES string of the molecule is O=C(C1CCC1)n1c2cncc(c2)c2cc3c(cn2)[nH][nH]c-3c2nc3cccc(c4ccc1s4)c3n2. The van der Waals surface area contributed by atoms with Crippen molar-refractivity contribution < 1.29 is 4.79 Å². The van der Waals surface area contributed by atoms with E-state index in [0.29, 0.717) is 5.65 Å². The van der Waals surface area contributed by atoms with Crippen LogP contribution in [-0.4, -0.2) is 40.6 Å². The van der Waals surface area contributed by atoms with Gasteiger partial charge in [0.15, 0.2) is 5.65 Å². The van der Waals surface area contributed by atoms with Crippen molar-refractivity contribution in [1.82, 2.24) is 34.7 Å². The number of carbonyl (C=O) groups is 1. The lowest BCUT2D eigenvalue weighted by Crippen LogP contribution is -2.27. The Kier molecular flexibility index (Phi) is 4.04. The Labute approximate surface area is 207 Å². The number of thiophene rings is 1. The molecule has 1 aromatic carbocycles. The number of rotatable bonds is 1. The van der Waals surface area contributed by atoms with E-state index >= 15 is 0 Å². The van der Waals surface area contributed by atoms with E-state index in [-0.39, 0.29) is 11.8 Å². The molecule has 5 aromatic rings. The molecule has 4 aromatic heterocycles. The molecule has 2 aliphatic heterocycles. The second kappa shape index (κ2) is 7.32. The molecule has 1 saturated carbocycles. The third kappa shape index (κ3) is 2.83. The molecule has 9 heteroatoms.